The number of aliphatic hydroxyl groups excluding tert-OH is 1. The quantitative estimate of drug-likeness (QED) is 0.920. The lowest BCUT2D eigenvalue weighted by Gasteiger charge is -2.58. The van der Waals surface area contributed by atoms with Crippen molar-refractivity contribution in [2.45, 2.75) is 65.0 Å². The molecule has 4 aliphatic carbocycles. The SMILES string of the molecule is Cc1ncn(CC(O)C23CC4CC(CC(C4)C2)C3)c1C. The molecule has 0 spiro atoms. The first-order chi connectivity index (χ1) is 9.56. The second-order valence-electron chi connectivity index (χ2n) is 7.86. The Morgan fingerprint density at radius 2 is 1.75 bits per heavy atom. The maximum absolute atomic E-state index is 11.0. The van der Waals surface area contributed by atoms with Gasteiger partial charge in [0.05, 0.1) is 24.7 Å². The number of aliphatic hydroxyl groups is 1. The molecule has 20 heavy (non-hydrogen) atoms. The van der Waals surface area contributed by atoms with Crippen LogP contribution in [0, 0.1) is 37.0 Å². The topological polar surface area (TPSA) is 38.0 Å². The van der Waals surface area contributed by atoms with Crippen molar-refractivity contribution in [2.24, 2.45) is 23.2 Å². The molecule has 1 aromatic heterocycles. The third-order valence-electron chi connectivity index (χ3n) is 6.51. The number of hydrogen-bond donors (Lipinski definition) is 1. The van der Waals surface area contributed by atoms with E-state index in [0.717, 1.165) is 30.0 Å². The van der Waals surface area contributed by atoms with Crippen molar-refractivity contribution in [1.29, 1.82) is 0 Å². The number of nitrogens with zero attached hydrogens (tertiary/aromatic N) is 2. The predicted octanol–water partition coefficient (Wildman–Crippen LogP) is 3.08. The standard InChI is InChI=1S/C17H26N2O/c1-11-12(2)19(10-18-11)9-16(20)17-6-13-3-14(7-17)5-15(4-13)8-17/h10,13-16,20H,3-9H2,1-2H3. The van der Waals surface area contributed by atoms with Crippen LogP contribution in [0.1, 0.15) is 49.9 Å². The Balaban J connectivity index is 1.56. The average molecular weight is 274 g/mol. The number of aromatic nitrogens is 2. The first-order valence-electron chi connectivity index (χ1n) is 8.22. The summed E-state index contributed by atoms with van der Waals surface area (Å²) in [5.74, 6) is 2.71. The fraction of sp³-hybridized carbons (Fsp3) is 0.824. The van der Waals surface area contributed by atoms with Gasteiger partial charge in [-0.05, 0) is 75.5 Å². The number of rotatable bonds is 3. The third kappa shape index (κ3) is 1.86. The van der Waals surface area contributed by atoms with Crippen molar-refractivity contribution in [3.05, 3.63) is 17.7 Å². The van der Waals surface area contributed by atoms with Crippen molar-refractivity contribution in [1.82, 2.24) is 9.55 Å². The zero-order valence-electron chi connectivity index (χ0n) is 12.7. The number of hydrogen-bond acceptors (Lipinski definition) is 2. The molecule has 1 unspecified atom stereocenters. The van der Waals surface area contributed by atoms with E-state index >= 15 is 0 Å². The van der Waals surface area contributed by atoms with Crippen molar-refractivity contribution in [2.75, 3.05) is 0 Å². The number of aryl methyl sites for hydroxylation is 1. The van der Waals surface area contributed by atoms with Crippen LogP contribution in [0.4, 0.5) is 0 Å². The lowest BCUT2D eigenvalue weighted by molar-refractivity contribution is -0.124. The summed E-state index contributed by atoms with van der Waals surface area (Å²) in [6.07, 6.45) is 9.84. The Morgan fingerprint density at radius 3 is 2.20 bits per heavy atom. The zero-order valence-corrected chi connectivity index (χ0v) is 12.7. The van der Waals surface area contributed by atoms with E-state index in [4.69, 9.17) is 0 Å². The fourth-order valence-electron chi connectivity index (χ4n) is 5.69. The van der Waals surface area contributed by atoms with E-state index in [2.05, 4.69) is 16.5 Å². The first kappa shape index (κ1) is 12.9. The largest absolute Gasteiger partial charge is 0.391 e. The van der Waals surface area contributed by atoms with Gasteiger partial charge in [0.2, 0.25) is 0 Å². The molecule has 5 rings (SSSR count). The van der Waals surface area contributed by atoms with E-state index < -0.39 is 0 Å². The molecule has 1 heterocycles. The van der Waals surface area contributed by atoms with Gasteiger partial charge in [-0.2, -0.15) is 0 Å². The Hall–Kier alpha value is -0.830. The molecule has 4 bridgehead atoms. The summed E-state index contributed by atoms with van der Waals surface area (Å²) in [5.41, 5.74) is 2.51. The summed E-state index contributed by atoms with van der Waals surface area (Å²) >= 11 is 0. The van der Waals surface area contributed by atoms with Gasteiger partial charge in [-0.25, -0.2) is 4.98 Å². The summed E-state index contributed by atoms with van der Waals surface area (Å²) in [4.78, 5) is 4.37. The van der Waals surface area contributed by atoms with E-state index in [0.29, 0.717) is 0 Å². The van der Waals surface area contributed by atoms with Gasteiger partial charge >= 0.3 is 0 Å². The van der Waals surface area contributed by atoms with Gasteiger partial charge in [0.25, 0.3) is 0 Å². The molecule has 0 aliphatic heterocycles. The molecule has 0 radical (unpaired) electrons. The Kier molecular flexibility index (Phi) is 2.79. The van der Waals surface area contributed by atoms with Crippen LogP contribution in [0.25, 0.3) is 0 Å². The monoisotopic (exact) mass is 274 g/mol. The predicted molar refractivity (Wildman–Crippen MR) is 78.3 cm³/mol. The third-order valence-corrected chi connectivity index (χ3v) is 6.51. The summed E-state index contributed by atoms with van der Waals surface area (Å²) < 4.78 is 2.15. The second kappa shape index (κ2) is 4.33. The molecule has 0 amide bonds. The molecule has 4 aliphatic rings. The maximum Gasteiger partial charge on any atom is 0.0952 e. The van der Waals surface area contributed by atoms with Gasteiger partial charge in [-0.1, -0.05) is 0 Å². The normalized spacial score (nSPS) is 40.2. The van der Waals surface area contributed by atoms with Crippen molar-refractivity contribution in [3.8, 4) is 0 Å². The molecule has 1 aromatic rings. The van der Waals surface area contributed by atoms with E-state index in [-0.39, 0.29) is 11.5 Å². The number of imidazole rings is 1. The molecular weight excluding hydrogens is 248 g/mol. The summed E-state index contributed by atoms with van der Waals surface area (Å²) in [6.45, 7) is 4.89. The Bertz CT molecular complexity index is 484. The second-order valence-corrected chi connectivity index (χ2v) is 7.86. The summed E-state index contributed by atoms with van der Waals surface area (Å²) in [7, 11) is 0. The minimum absolute atomic E-state index is 0.191. The molecular formula is C17H26N2O. The molecule has 1 atom stereocenters. The minimum Gasteiger partial charge on any atom is -0.391 e. The van der Waals surface area contributed by atoms with Crippen LogP contribution in [0.2, 0.25) is 0 Å². The van der Waals surface area contributed by atoms with Gasteiger partial charge in [-0.15, -0.1) is 0 Å². The highest BCUT2D eigenvalue weighted by Crippen LogP contribution is 2.61. The highest BCUT2D eigenvalue weighted by Gasteiger charge is 2.53. The van der Waals surface area contributed by atoms with Gasteiger partial charge in [0, 0.05) is 5.69 Å². The van der Waals surface area contributed by atoms with Gasteiger partial charge in [0.1, 0.15) is 0 Å². The average Bonchev–Trinajstić information content (AvgIpc) is 2.69. The minimum atomic E-state index is -0.191. The molecule has 3 nitrogen and oxygen atoms in total. The Labute approximate surface area is 121 Å². The molecule has 110 valence electrons. The fourth-order valence-corrected chi connectivity index (χ4v) is 5.69. The molecule has 0 aromatic carbocycles. The molecule has 4 saturated carbocycles. The lowest BCUT2D eigenvalue weighted by atomic mass is 9.48. The van der Waals surface area contributed by atoms with Crippen molar-refractivity contribution < 1.29 is 5.11 Å². The van der Waals surface area contributed by atoms with Crippen LogP contribution in [0.5, 0.6) is 0 Å². The zero-order chi connectivity index (χ0) is 13.9. The Morgan fingerprint density at radius 1 is 1.20 bits per heavy atom. The van der Waals surface area contributed by atoms with Gasteiger partial charge < -0.3 is 9.67 Å². The van der Waals surface area contributed by atoms with E-state index in [9.17, 15) is 5.11 Å². The highest BCUT2D eigenvalue weighted by atomic mass is 16.3. The van der Waals surface area contributed by atoms with Crippen LogP contribution in [0.15, 0.2) is 6.33 Å². The van der Waals surface area contributed by atoms with Crippen LogP contribution < -0.4 is 0 Å². The smallest absolute Gasteiger partial charge is 0.0952 e. The van der Waals surface area contributed by atoms with Crippen molar-refractivity contribution in [3.63, 3.8) is 0 Å². The van der Waals surface area contributed by atoms with E-state index in [1.165, 1.54) is 44.2 Å². The molecule has 4 fully saturated rings. The van der Waals surface area contributed by atoms with E-state index in [1.54, 1.807) is 0 Å². The molecule has 0 saturated heterocycles. The summed E-state index contributed by atoms with van der Waals surface area (Å²) in [5, 5.41) is 11.0. The molecule has 3 heteroatoms. The van der Waals surface area contributed by atoms with Crippen LogP contribution in [-0.4, -0.2) is 20.8 Å². The maximum atomic E-state index is 11.0. The summed E-state index contributed by atoms with van der Waals surface area (Å²) in [6, 6.07) is 0. The van der Waals surface area contributed by atoms with Gasteiger partial charge in [0.15, 0.2) is 0 Å². The van der Waals surface area contributed by atoms with Crippen LogP contribution in [0.3, 0.4) is 0 Å². The lowest BCUT2D eigenvalue weighted by Crippen LogP contribution is -2.52. The van der Waals surface area contributed by atoms with E-state index in [1.807, 2.05) is 13.3 Å². The van der Waals surface area contributed by atoms with Crippen LogP contribution >= 0.6 is 0 Å². The van der Waals surface area contributed by atoms with Gasteiger partial charge in [-0.3, -0.25) is 0 Å². The van der Waals surface area contributed by atoms with Crippen molar-refractivity contribution >= 4 is 0 Å². The molecule has 1 N–H and O–H groups in total. The highest BCUT2D eigenvalue weighted by molar-refractivity contribution is 5.10. The first-order valence-corrected chi connectivity index (χ1v) is 8.22. The van der Waals surface area contributed by atoms with Crippen LogP contribution in [-0.2, 0) is 6.54 Å².